The van der Waals surface area contributed by atoms with Gasteiger partial charge in [0.25, 0.3) is 0 Å². The van der Waals surface area contributed by atoms with Crippen LogP contribution in [0.1, 0.15) is 39.5 Å². The van der Waals surface area contributed by atoms with Crippen LogP contribution in [0, 0.1) is 0 Å². The number of amides is 3. The van der Waals surface area contributed by atoms with Crippen molar-refractivity contribution in [2.24, 2.45) is 0 Å². The second kappa shape index (κ2) is 5.69. The first-order valence-electron chi connectivity index (χ1n) is 6.91. The third-order valence-corrected chi connectivity index (χ3v) is 3.91. The van der Waals surface area contributed by atoms with E-state index >= 15 is 0 Å². The Morgan fingerprint density at radius 2 is 2.16 bits per heavy atom. The molecule has 2 N–H and O–H groups in total. The quantitative estimate of drug-likeness (QED) is 0.675. The van der Waals surface area contributed by atoms with Crippen LogP contribution < -0.4 is 10.6 Å². The van der Waals surface area contributed by atoms with Crippen LogP contribution in [-0.2, 0) is 14.4 Å². The molecule has 2 aliphatic rings. The van der Waals surface area contributed by atoms with Crippen molar-refractivity contribution in [3.63, 3.8) is 0 Å². The molecule has 0 aromatic heterocycles. The normalized spacial score (nSPS) is 28.9. The molecule has 6 nitrogen and oxygen atoms in total. The zero-order chi connectivity index (χ0) is 14.0. The van der Waals surface area contributed by atoms with Crippen molar-refractivity contribution in [1.29, 1.82) is 0 Å². The Hall–Kier alpha value is -1.43. The number of rotatable bonds is 5. The number of carbonyl (C=O) groups is 3. The van der Waals surface area contributed by atoms with Crippen molar-refractivity contribution in [2.45, 2.75) is 57.7 Å². The monoisotopic (exact) mass is 267 g/mol. The number of nitrogens with zero attached hydrogens (tertiary/aromatic N) is 1. The molecule has 0 bridgehead atoms. The van der Waals surface area contributed by atoms with Gasteiger partial charge in [-0.15, -0.1) is 0 Å². The topological polar surface area (TPSA) is 78.5 Å². The molecule has 2 heterocycles. The van der Waals surface area contributed by atoms with Crippen molar-refractivity contribution < 1.29 is 14.4 Å². The lowest BCUT2D eigenvalue weighted by Crippen LogP contribution is -2.46. The fourth-order valence-corrected chi connectivity index (χ4v) is 2.57. The smallest absolute Gasteiger partial charge is 0.247 e. The molecule has 0 radical (unpaired) electrons. The Kier molecular flexibility index (Phi) is 4.19. The molecular weight excluding hydrogens is 246 g/mol. The standard InChI is InChI=1S/C13H21N3O3/c1-3-8(2)16-12(18)6-10(13(16)19)14-7-9-4-5-11(17)15-9/h8-10,14H,3-7H2,1-2H3,(H,15,17). The van der Waals surface area contributed by atoms with Gasteiger partial charge < -0.3 is 10.6 Å². The van der Waals surface area contributed by atoms with E-state index in [-0.39, 0.29) is 36.2 Å². The van der Waals surface area contributed by atoms with E-state index in [0.29, 0.717) is 13.0 Å². The molecule has 3 amide bonds. The Labute approximate surface area is 112 Å². The zero-order valence-corrected chi connectivity index (χ0v) is 11.4. The van der Waals surface area contributed by atoms with E-state index in [2.05, 4.69) is 10.6 Å². The Bertz CT molecular complexity index is 397. The summed E-state index contributed by atoms with van der Waals surface area (Å²) in [5, 5.41) is 5.94. The molecule has 2 saturated heterocycles. The highest BCUT2D eigenvalue weighted by Crippen LogP contribution is 2.18. The lowest BCUT2D eigenvalue weighted by Gasteiger charge is -2.22. The van der Waals surface area contributed by atoms with Gasteiger partial charge in [-0.3, -0.25) is 19.3 Å². The van der Waals surface area contributed by atoms with Crippen LogP contribution in [0.2, 0.25) is 0 Å². The largest absolute Gasteiger partial charge is 0.352 e. The molecule has 3 unspecified atom stereocenters. The molecule has 106 valence electrons. The van der Waals surface area contributed by atoms with Crippen molar-refractivity contribution in [1.82, 2.24) is 15.5 Å². The SMILES string of the molecule is CCC(C)N1C(=O)CC(NCC2CCC(=O)N2)C1=O. The van der Waals surface area contributed by atoms with Crippen molar-refractivity contribution >= 4 is 17.7 Å². The van der Waals surface area contributed by atoms with Gasteiger partial charge in [0, 0.05) is 25.0 Å². The second-order valence-corrected chi connectivity index (χ2v) is 5.33. The first-order valence-corrected chi connectivity index (χ1v) is 6.91. The summed E-state index contributed by atoms with van der Waals surface area (Å²) in [4.78, 5) is 36.4. The summed E-state index contributed by atoms with van der Waals surface area (Å²) in [6, 6.07) is -0.398. The minimum atomic E-state index is -0.431. The number of carbonyl (C=O) groups excluding carboxylic acids is 3. The third-order valence-electron chi connectivity index (χ3n) is 3.91. The predicted molar refractivity (Wildman–Crippen MR) is 69.2 cm³/mol. The molecular formula is C13H21N3O3. The highest BCUT2D eigenvalue weighted by atomic mass is 16.2. The van der Waals surface area contributed by atoms with Crippen LogP contribution in [0.15, 0.2) is 0 Å². The van der Waals surface area contributed by atoms with Crippen molar-refractivity contribution in [3.05, 3.63) is 0 Å². The number of nitrogens with one attached hydrogen (secondary N) is 2. The molecule has 2 fully saturated rings. The van der Waals surface area contributed by atoms with Gasteiger partial charge >= 0.3 is 0 Å². The van der Waals surface area contributed by atoms with Gasteiger partial charge in [-0.1, -0.05) is 6.92 Å². The number of imide groups is 1. The van der Waals surface area contributed by atoms with Gasteiger partial charge in [0.2, 0.25) is 17.7 Å². The van der Waals surface area contributed by atoms with Crippen LogP contribution >= 0.6 is 0 Å². The van der Waals surface area contributed by atoms with Crippen LogP contribution in [0.5, 0.6) is 0 Å². The first-order chi connectivity index (χ1) is 9.02. The summed E-state index contributed by atoms with van der Waals surface area (Å²) >= 11 is 0. The van der Waals surface area contributed by atoms with Crippen molar-refractivity contribution in [3.8, 4) is 0 Å². The molecule has 2 aliphatic heterocycles. The fraction of sp³-hybridized carbons (Fsp3) is 0.769. The summed E-state index contributed by atoms with van der Waals surface area (Å²) in [5.74, 6) is -0.183. The number of hydrogen-bond donors (Lipinski definition) is 2. The first kappa shape index (κ1) is 14.0. The zero-order valence-electron chi connectivity index (χ0n) is 11.4. The molecule has 0 aromatic carbocycles. The highest BCUT2D eigenvalue weighted by molar-refractivity contribution is 6.05. The number of likely N-dealkylation sites (tertiary alicyclic amines) is 1. The van der Waals surface area contributed by atoms with Crippen LogP contribution in [-0.4, -0.2) is 47.3 Å². The molecule has 0 spiro atoms. The van der Waals surface area contributed by atoms with E-state index in [1.165, 1.54) is 4.90 Å². The molecule has 2 rings (SSSR count). The van der Waals surface area contributed by atoms with Crippen LogP contribution in [0.4, 0.5) is 0 Å². The number of hydrogen-bond acceptors (Lipinski definition) is 4. The van der Waals surface area contributed by atoms with Gasteiger partial charge in [0.05, 0.1) is 12.5 Å². The van der Waals surface area contributed by atoms with Gasteiger partial charge in [-0.2, -0.15) is 0 Å². The van der Waals surface area contributed by atoms with Gasteiger partial charge in [-0.05, 0) is 19.8 Å². The van der Waals surface area contributed by atoms with Crippen molar-refractivity contribution in [2.75, 3.05) is 6.54 Å². The Morgan fingerprint density at radius 3 is 2.74 bits per heavy atom. The summed E-state index contributed by atoms with van der Waals surface area (Å²) in [6.07, 6.45) is 2.32. The maximum Gasteiger partial charge on any atom is 0.247 e. The molecule has 0 saturated carbocycles. The minimum Gasteiger partial charge on any atom is -0.352 e. The fourth-order valence-electron chi connectivity index (χ4n) is 2.57. The third kappa shape index (κ3) is 2.94. The second-order valence-electron chi connectivity index (χ2n) is 5.33. The van der Waals surface area contributed by atoms with Gasteiger partial charge in [0.1, 0.15) is 0 Å². The Balaban J connectivity index is 1.87. The van der Waals surface area contributed by atoms with Crippen LogP contribution in [0.3, 0.4) is 0 Å². The summed E-state index contributed by atoms with van der Waals surface area (Å²) < 4.78 is 0. The molecule has 19 heavy (non-hydrogen) atoms. The summed E-state index contributed by atoms with van der Waals surface area (Å²) in [7, 11) is 0. The van der Waals surface area contributed by atoms with Gasteiger partial charge in [-0.25, -0.2) is 0 Å². The Morgan fingerprint density at radius 1 is 1.42 bits per heavy atom. The highest BCUT2D eigenvalue weighted by Gasteiger charge is 2.40. The van der Waals surface area contributed by atoms with E-state index in [1.807, 2.05) is 13.8 Å². The van der Waals surface area contributed by atoms with E-state index in [9.17, 15) is 14.4 Å². The molecule has 6 heteroatoms. The van der Waals surface area contributed by atoms with E-state index in [4.69, 9.17) is 0 Å². The maximum absolute atomic E-state index is 12.1. The van der Waals surface area contributed by atoms with Gasteiger partial charge in [0.15, 0.2) is 0 Å². The minimum absolute atomic E-state index is 0.0435. The predicted octanol–water partition coefficient (Wildman–Crippen LogP) is -0.219. The molecule has 0 aliphatic carbocycles. The van der Waals surface area contributed by atoms with E-state index in [0.717, 1.165) is 12.8 Å². The average Bonchev–Trinajstić information content (AvgIpc) is 2.90. The summed E-state index contributed by atoms with van der Waals surface area (Å²) in [6.45, 7) is 4.39. The average molecular weight is 267 g/mol. The summed E-state index contributed by atoms with van der Waals surface area (Å²) in [5.41, 5.74) is 0. The van der Waals surface area contributed by atoms with E-state index in [1.54, 1.807) is 0 Å². The lowest BCUT2D eigenvalue weighted by atomic mass is 10.2. The van der Waals surface area contributed by atoms with E-state index < -0.39 is 6.04 Å². The molecule has 3 atom stereocenters. The molecule has 0 aromatic rings. The lowest BCUT2D eigenvalue weighted by molar-refractivity contribution is -0.141. The van der Waals surface area contributed by atoms with Crippen LogP contribution in [0.25, 0.3) is 0 Å². The maximum atomic E-state index is 12.1.